The van der Waals surface area contributed by atoms with Crippen molar-refractivity contribution in [2.45, 2.75) is 44.7 Å². The molecule has 5 heteroatoms. The van der Waals surface area contributed by atoms with E-state index in [9.17, 15) is 0 Å². The highest BCUT2D eigenvalue weighted by Crippen LogP contribution is 2.45. The van der Waals surface area contributed by atoms with E-state index in [1.165, 1.54) is 28.4 Å². The van der Waals surface area contributed by atoms with Crippen molar-refractivity contribution >= 4 is 11.3 Å². The number of nitrogens with zero attached hydrogens (tertiary/aromatic N) is 2. The summed E-state index contributed by atoms with van der Waals surface area (Å²) in [7, 11) is 0. The van der Waals surface area contributed by atoms with Gasteiger partial charge in [0, 0.05) is 29.4 Å². The van der Waals surface area contributed by atoms with Crippen molar-refractivity contribution in [3.05, 3.63) is 15.6 Å². The fourth-order valence-corrected chi connectivity index (χ4v) is 3.70. The van der Waals surface area contributed by atoms with E-state index >= 15 is 0 Å². The molecule has 2 aliphatic rings. The van der Waals surface area contributed by atoms with Gasteiger partial charge in [-0.1, -0.05) is 0 Å². The first-order valence-electron chi connectivity index (χ1n) is 7.13. The molecule has 0 spiro atoms. The molecule has 1 saturated heterocycles. The molecule has 0 bridgehead atoms. The summed E-state index contributed by atoms with van der Waals surface area (Å²) in [6.07, 6.45) is 2.56. The molecule has 0 radical (unpaired) electrons. The molecule has 1 saturated carbocycles. The van der Waals surface area contributed by atoms with E-state index in [-0.39, 0.29) is 5.54 Å². The zero-order valence-corrected chi connectivity index (χ0v) is 12.6. The second-order valence-corrected chi connectivity index (χ2v) is 7.29. The zero-order valence-electron chi connectivity index (χ0n) is 11.8. The van der Waals surface area contributed by atoms with Crippen LogP contribution in [-0.4, -0.2) is 36.2 Å². The Labute approximate surface area is 119 Å². The van der Waals surface area contributed by atoms with Crippen LogP contribution in [0.25, 0.3) is 0 Å². The summed E-state index contributed by atoms with van der Waals surface area (Å²) in [5.74, 6) is 0.674. The third-order valence-corrected chi connectivity index (χ3v) is 5.10. The Morgan fingerprint density at radius 3 is 2.63 bits per heavy atom. The van der Waals surface area contributed by atoms with Crippen LogP contribution in [0.2, 0.25) is 0 Å². The topological polar surface area (TPSA) is 51.4 Å². The molecule has 2 fully saturated rings. The Balaban J connectivity index is 1.78. The fourth-order valence-electron chi connectivity index (χ4n) is 2.49. The number of hydrogen-bond donors (Lipinski definition) is 1. The molecule has 0 aromatic carbocycles. The lowest BCUT2D eigenvalue weighted by Crippen LogP contribution is -2.35. The minimum absolute atomic E-state index is 0.265. The first kappa shape index (κ1) is 13.5. The Kier molecular flexibility index (Phi) is 3.64. The van der Waals surface area contributed by atoms with Gasteiger partial charge in [0.05, 0.1) is 25.5 Å². The minimum Gasteiger partial charge on any atom is -0.379 e. The third kappa shape index (κ3) is 3.16. The highest BCUT2D eigenvalue weighted by Gasteiger charge is 2.34. The van der Waals surface area contributed by atoms with Gasteiger partial charge in [-0.2, -0.15) is 0 Å². The van der Waals surface area contributed by atoms with Crippen LogP contribution in [-0.2, 0) is 16.8 Å². The maximum Gasteiger partial charge on any atom is 0.107 e. The van der Waals surface area contributed by atoms with Crippen LogP contribution >= 0.6 is 11.3 Å². The van der Waals surface area contributed by atoms with E-state index in [1.807, 2.05) is 11.3 Å². The van der Waals surface area contributed by atoms with Crippen molar-refractivity contribution in [1.82, 2.24) is 9.88 Å². The molecule has 1 aromatic heterocycles. The lowest BCUT2D eigenvalue weighted by Gasteiger charge is -2.25. The Morgan fingerprint density at radius 2 is 2.05 bits per heavy atom. The van der Waals surface area contributed by atoms with E-state index in [0.717, 1.165) is 32.8 Å². The van der Waals surface area contributed by atoms with Crippen LogP contribution in [0.1, 0.15) is 48.2 Å². The first-order valence-corrected chi connectivity index (χ1v) is 7.95. The van der Waals surface area contributed by atoms with Crippen LogP contribution in [0, 0.1) is 0 Å². The zero-order chi connectivity index (χ0) is 13.5. The van der Waals surface area contributed by atoms with E-state index in [0.29, 0.717) is 5.92 Å². The van der Waals surface area contributed by atoms with Crippen LogP contribution in [0.3, 0.4) is 0 Å². The van der Waals surface area contributed by atoms with Crippen molar-refractivity contribution < 1.29 is 4.74 Å². The van der Waals surface area contributed by atoms with Crippen LogP contribution in [0.15, 0.2) is 0 Å². The number of aromatic nitrogens is 1. The van der Waals surface area contributed by atoms with Gasteiger partial charge in [-0.25, -0.2) is 4.98 Å². The monoisotopic (exact) mass is 281 g/mol. The molecule has 2 heterocycles. The standard InChI is InChI=1S/C14H23N3OS/c1-14(2,15)13-12(10-3-4-10)16-11(19-13)9-17-5-7-18-8-6-17/h10H,3-9,15H2,1-2H3. The molecule has 0 atom stereocenters. The van der Waals surface area contributed by atoms with Gasteiger partial charge >= 0.3 is 0 Å². The first-order chi connectivity index (χ1) is 9.04. The molecule has 1 aliphatic carbocycles. The maximum atomic E-state index is 6.31. The normalized spacial score (nSPS) is 21.8. The molecule has 0 amide bonds. The van der Waals surface area contributed by atoms with E-state index < -0.39 is 0 Å². The second kappa shape index (κ2) is 5.13. The Morgan fingerprint density at radius 1 is 1.37 bits per heavy atom. The molecule has 0 unspecified atom stereocenters. The Bertz CT molecular complexity index is 442. The number of hydrogen-bond acceptors (Lipinski definition) is 5. The number of rotatable bonds is 4. The van der Waals surface area contributed by atoms with Gasteiger partial charge in [-0.3, -0.25) is 4.90 Å². The molecule has 1 aliphatic heterocycles. The minimum atomic E-state index is -0.265. The molecule has 3 rings (SSSR count). The highest BCUT2D eigenvalue weighted by molar-refractivity contribution is 7.11. The Hall–Kier alpha value is -0.490. The third-order valence-electron chi connectivity index (χ3n) is 3.71. The van der Waals surface area contributed by atoms with Gasteiger partial charge in [0.15, 0.2) is 0 Å². The summed E-state index contributed by atoms with van der Waals surface area (Å²) >= 11 is 1.81. The average molecular weight is 281 g/mol. The SMILES string of the molecule is CC(C)(N)c1sc(CN2CCOCC2)nc1C1CC1. The predicted molar refractivity (Wildman–Crippen MR) is 77.4 cm³/mol. The smallest absolute Gasteiger partial charge is 0.107 e. The van der Waals surface area contributed by atoms with Crippen LogP contribution in [0.4, 0.5) is 0 Å². The number of nitrogens with two attached hydrogens (primary N) is 1. The van der Waals surface area contributed by atoms with Crippen LogP contribution in [0.5, 0.6) is 0 Å². The van der Waals surface area contributed by atoms with Crippen molar-refractivity contribution in [2.75, 3.05) is 26.3 Å². The van der Waals surface area contributed by atoms with E-state index in [1.54, 1.807) is 0 Å². The van der Waals surface area contributed by atoms with E-state index in [2.05, 4.69) is 18.7 Å². The largest absolute Gasteiger partial charge is 0.379 e. The quantitative estimate of drug-likeness (QED) is 0.917. The van der Waals surface area contributed by atoms with Gasteiger partial charge < -0.3 is 10.5 Å². The summed E-state index contributed by atoms with van der Waals surface area (Å²) in [5.41, 5.74) is 7.32. The van der Waals surface area contributed by atoms with Crippen molar-refractivity contribution in [2.24, 2.45) is 5.73 Å². The van der Waals surface area contributed by atoms with Gasteiger partial charge in [0.1, 0.15) is 5.01 Å². The maximum absolute atomic E-state index is 6.31. The fraction of sp³-hybridized carbons (Fsp3) is 0.786. The van der Waals surface area contributed by atoms with Crippen molar-refractivity contribution in [3.63, 3.8) is 0 Å². The molecular formula is C14H23N3OS. The summed E-state index contributed by atoms with van der Waals surface area (Å²) in [4.78, 5) is 8.60. The van der Waals surface area contributed by atoms with Gasteiger partial charge in [0.25, 0.3) is 0 Å². The van der Waals surface area contributed by atoms with Crippen LogP contribution < -0.4 is 5.73 Å². The lowest BCUT2D eigenvalue weighted by atomic mass is 10.0. The number of ether oxygens (including phenoxy) is 1. The molecule has 1 aromatic rings. The lowest BCUT2D eigenvalue weighted by molar-refractivity contribution is 0.0341. The summed E-state index contributed by atoms with van der Waals surface area (Å²) in [6.45, 7) is 8.84. The summed E-state index contributed by atoms with van der Waals surface area (Å²) in [5, 5.41) is 1.22. The average Bonchev–Trinajstić information content (AvgIpc) is 3.11. The molecular weight excluding hydrogens is 258 g/mol. The van der Waals surface area contributed by atoms with Gasteiger partial charge in [0.2, 0.25) is 0 Å². The molecule has 19 heavy (non-hydrogen) atoms. The van der Waals surface area contributed by atoms with Crippen molar-refractivity contribution in [1.29, 1.82) is 0 Å². The van der Waals surface area contributed by atoms with Crippen molar-refractivity contribution in [3.8, 4) is 0 Å². The summed E-state index contributed by atoms with van der Waals surface area (Å²) in [6, 6.07) is 0. The van der Waals surface area contributed by atoms with Gasteiger partial charge in [-0.15, -0.1) is 11.3 Å². The highest BCUT2D eigenvalue weighted by atomic mass is 32.1. The molecule has 4 nitrogen and oxygen atoms in total. The number of thiazole rings is 1. The molecule has 2 N–H and O–H groups in total. The number of morpholine rings is 1. The summed E-state index contributed by atoms with van der Waals surface area (Å²) < 4.78 is 5.39. The predicted octanol–water partition coefficient (Wildman–Crippen LogP) is 2.05. The van der Waals surface area contributed by atoms with E-state index in [4.69, 9.17) is 15.5 Å². The van der Waals surface area contributed by atoms with Gasteiger partial charge in [-0.05, 0) is 26.7 Å². The molecule has 106 valence electrons. The second-order valence-electron chi connectivity index (χ2n) is 6.21.